The Bertz CT molecular complexity index is 487. The number of carbonyl (C=O) groups is 1. The standard InChI is InChI=1S/C18H28N2O2/c1-4-16(5-2)20(22)13-9-12-17(20)18(21)19-14(3)15-10-7-6-8-11-15/h6-8,10-11,14,16-17H,4-5,9,12-13H2,1-3H3,(H,19,21)/t14-,17+,20-/m1/s1. The maximum atomic E-state index is 13.2. The zero-order valence-electron chi connectivity index (χ0n) is 13.9. The monoisotopic (exact) mass is 304 g/mol. The van der Waals surface area contributed by atoms with Crippen molar-refractivity contribution in [3.8, 4) is 0 Å². The Hall–Kier alpha value is -1.39. The van der Waals surface area contributed by atoms with E-state index in [4.69, 9.17) is 0 Å². The third kappa shape index (κ3) is 3.33. The quantitative estimate of drug-likeness (QED) is 0.645. The molecule has 3 atom stereocenters. The van der Waals surface area contributed by atoms with Gasteiger partial charge in [-0.25, -0.2) is 0 Å². The fraction of sp³-hybridized carbons (Fsp3) is 0.611. The fourth-order valence-corrected chi connectivity index (χ4v) is 3.71. The molecule has 2 rings (SSSR count). The molecule has 1 N–H and O–H groups in total. The Morgan fingerprint density at radius 1 is 1.32 bits per heavy atom. The Balaban J connectivity index is 2.08. The molecule has 0 radical (unpaired) electrons. The predicted molar refractivity (Wildman–Crippen MR) is 88.9 cm³/mol. The summed E-state index contributed by atoms with van der Waals surface area (Å²) >= 11 is 0. The van der Waals surface area contributed by atoms with Gasteiger partial charge in [0.2, 0.25) is 0 Å². The molecule has 1 amide bonds. The maximum absolute atomic E-state index is 13.2. The van der Waals surface area contributed by atoms with E-state index in [0.717, 1.165) is 24.8 Å². The van der Waals surface area contributed by atoms with E-state index in [0.29, 0.717) is 13.0 Å². The van der Waals surface area contributed by atoms with E-state index in [2.05, 4.69) is 5.32 Å². The van der Waals surface area contributed by atoms with Crippen LogP contribution in [0.5, 0.6) is 0 Å². The molecule has 1 aromatic carbocycles. The molecule has 1 aliphatic heterocycles. The molecule has 22 heavy (non-hydrogen) atoms. The van der Waals surface area contributed by atoms with E-state index in [-0.39, 0.29) is 22.6 Å². The number of rotatable bonds is 6. The van der Waals surface area contributed by atoms with Gasteiger partial charge in [-0.05, 0) is 25.3 Å². The minimum atomic E-state index is -0.448. The molecule has 1 aliphatic rings. The van der Waals surface area contributed by atoms with Crippen LogP contribution in [-0.2, 0) is 4.79 Å². The van der Waals surface area contributed by atoms with Gasteiger partial charge in [0.1, 0.15) is 0 Å². The van der Waals surface area contributed by atoms with E-state index in [1.54, 1.807) is 0 Å². The number of carbonyl (C=O) groups excluding carboxylic acids is 1. The molecule has 4 nitrogen and oxygen atoms in total. The lowest BCUT2D eigenvalue weighted by Gasteiger charge is -2.49. The van der Waals surface area contributed by atoms with Crippen molar-refractivity contribution in [2.75, 3.05) is 6.54 Å². The van der Waals surface area contributed by atoms with Crippen LogP contribution in [0, 0.1) is 5.21 Å². The van der Waals surface area contributed by atoms with Crippen molar-refractivity contribution in [1.29, 1.82) is 0 Å². The zero-order chi connectivity index (χ0) is 16.2. The van der Waals surface area contributed by atoms with Crippen LogP contribution in [0.3, 0.4) is 0 Å². The van der Waals surface area contributed by atoms with Gasteiger partial charge in [-0.15, -0.1) is 0 Å². The molecular formula is C18H28N2O2. The van der Waals surface area contributed by atoms with Crippen molar-refractivity contribution >= 4 is 5.91 Å². The van der Waals surface area contributed by atoms with Gasteiger partial charge in [-0.3, -0.25) is 4.79 Å². The number of quaternary nitrogens is 1. The molecule has 0 aromatic heterocycles. The summed E-state index contributed by atoms with van der Waals surface area (Å²) in [4.78, 5) is 12.7. The molecule has 4 heteroatoms. The summed E-state index contributed by atoms with van der Waals surface area (Å²) in [5.41, 5.74) is 1.07. The first-order chi connectivity index (χ1) is 10.5. The summed E-state index contributed by atoms with van der Waals surface area (Å²) in [6.07, 6.45) is 3.21. The van der Waals surface area contributed by atoms with Gasteiger partial charge in [0.05, 0.1) is 18.6 Å². The third-order valence-electron chi connectivity index (χ3n) is 5.03. The third-order valence-corrected chi connectivity index (χ3v) is 5.03. The molecule has 0 aliphatic carbocycles. The highest BCUT2D eigenvalue weighted by Crippen LogP contribution is 2.32. The lowest BCUT2D eigenvalue weighted by atomic mass is 10.1. The van der Waals surface area contributed by atoms with Crippen LogP contribution in [0.2, 0.25) is 0 Å². The summed E-state index contributed by atoms with van der Waals surface area (Å²) in [6, 6.07) is 9.41. The highest BCUT2D eigenvalue weighted by molar-refractivity contribution is 5.81. The Morgan fingerprint density at radius 3 is 2.55 bits per heavy atom. The highest BCUT2D eigenvalue weighted by atomic mass is 16.6. The topological polar surface area (TPSA) is 52.2 Å². The molecule has 0 bridgehead atoms. The number of hydrogen-bond acceptors (Lipinski definition) is 2. The Morgan fingerprint density at radius 2 is 1.95 bits per heavy atom. The SMILES string of the molecule is CCC(CC)[N@+]1([O-])CCC[C@H]1C(=O)N[C@H](C)c1ccccc1. The van der Waals surface area contributed by atoms with E-state index < -0.39 is 6.04 Å². The van der Waals surface area contributed by atoms with E-state index >= 15 is 0 Å². The molecule has 0 saturated carbocycles. The summed E-state index contributed by atoms with van der Waals surface area (Å²) in [5, 5.41) is 16.3. The smallest absolute Gasteiger partial charge is 0.279 e. The number of amides is 1. The first-order valence-corrected chi connectivity index (χ1v) is 8.46. The van der Waals surface area contributed by atoms with Crippen LogP contribution in [0.15, 0.2) is 30.3 Å². The van der Waals surface area contributed by atoms with Crippen molar-refractivity contribution in [2.24, 2.45) is 0 Å². The van der Waals surface area contributed by atoms with Crippen molar-refractivity contribution in [3.63, 3.8) is 0 Å². The van der Waals surface area contributed by atoms with Crippen molar-refractivity contribution < 1.29 is 9.44 Å². The Kier molecular flexibility index (Phi) is 5.59. The molecule has 1 fully saturated rings. The normalized spacial score (nSPS) is 26.1. The van der Waals surface area contributed by atoms with Gasteiger partial charge in [-0.1, -0.05) is 44.2 Å². The van der Waals surface area contributed by atoms with Gasteiger partial charge < -0.3 is 15.2 Å². The number of nitrogens with zero attached hydrogens (tertiary/aromatic N) is 1. The summed E-state index contributed by atoms with van der Waals surface area (Å²) in [5.74, 6) is -0.0873. The van der Waals surface area contributed by atoms with Gasteiger partial charge in [0.15, 0.2) is 6.04 Å². The number of likely N-dealkylation sites (tertiary alicyclic amines) is 1. The first-order valence-electron chi connectivity index (χ1n) is 8.46. The Labute approximate surface area is 133 Å². The van der Waals surface area contributed by atoms with Crippen LogP contribution in [0.4, 0.5) is 0 Å². The highest BCUT2D eigenvalue weighted by Gasteiger charge is 2.44. The van der Waals surface area contributed by atoms with Gasteiger partial charge in [0.25, 0.3) is 5.91 Å². The molecule has 0 unspecified atom stereocenters. The average Bonchev–Trinajstić information content (AvgIpc) is 2.92. The predicted octanol–water partition coefficient (Wildman–Crippen LogP) is 3.53. The van der Waals surface area contributed by atoms with Gasteiger partial charge in [0, 0.05) is 12.8 Å². The number of hydroxylamine groups is 3. The minimum absolute atomic E-state index is 0.0327. The zero-order valence-corrected chi connectivity index (χ0v) is 13.9. The lowest BCUT2D eigenvalue weighted by molar-refractivity contribution is -0.908. The van der Waals surface area contributed by atoms with E-state index in [9.17, 15) is 10.0 Å². The van der Waals surface area contributed by atoms with Gasteiger partial charge >= 0.3 is 0 Å². The van der Waals surface area contributed by atoms with Crippen molar-refractivity contribution in [1.82, 2.24) is 5.32 Å². The molecule has 1 heterocycles. The van der Waals surface area contributed by atoms with E-state index in [1.807, 2.05) is 51.1 Å². The largest absolute Gasteiger partial charge is 0.632 e. The fourth-order valence-electron chi connectivity index (χ4n) is 3.71. The lowest BCUT2D eigenvalue weighted by Crippen LogP contribution is -2.58. The first kappa shape index (κ1) is 17.0. The van der Waals surface area contributed by atoms with Crippen LogP contribution < -0.4 is 5.32 Å². The number of nitrogens with one attached hydrogen (secondary N) is 1. The maximum Gasteiger partial charge on any atom is 0.279 e. The number of hydrogen-bond donors (Lipinski definition) is 1. The molecule has 1 saturated heterocycles. The minimum Gasteiger partial charge on any atom is -0.632 e. The second-order valence-corrected chi connectivity index (χ2v) is 6.35. The second kappa shape index (κ2) is 7.25. The number of benzene rings is 1. The summed E-state index contributed by atoms with van der Waals surface area (Å²) < 4.78 is -0.333. The second-order valence-electron chi connectivity index (χ2n) is 6.35. The summed E-state index contributed by atoms with van der Waals surface area (Å²) in [7, 11) is 0. The van der Waals surface area contributed by atoms with Crippen LogP contribution >= 0.6 is 0 Å². The summed E-state index contributed by atoms with van der Waals surface area (Å²) in [6.45, 7) is 6.64. The van der Waals surface area contributed by atoms with Crippen LogP contribution in [0.1, 0.15) is 58.1 Å². The molecule has 0 spiro atoms. The van der Waals surface area contributed by atoms with Crippen molar-refractivity contribution in [2.45, 2.75) is 64.6 Å². The molecular weight excluding hydrogens is 276 g/mol. The van der Waals surface area contributed by atoms with E-state index in [1.165, 1.54) is 0 Å². The molecule has 122 valence electrons. The van der Waals surface area contributed by atoms with Crippen molar-refractivity contribution in [3.05, 3.63) is 41.1 Å². The average molecular weight is 304 g/mol. The van der Waals surface area contributed by atoms with Crippen LogP contribution in [0.25, 0.3) is 0 Å². The van der Waals surface area contributed by atoms with Crippen LogP contribution in [-0.4, -0.2) is 29.2 Å². The molecule has 1 aromatic rings. The van der Waals surface area contributed by atoms with Gasteiger partial charge in [-0.2, -0.15) is 0 Å².